The summed E-state index contributed by atoms with van der Waals surface area (Å²) in [6.45, 7) is 0.896. The zero-order valence-corrected chi connectivity index (χ0v) is 13.1. The molecular formula is C17H22N2O4. The maximum Gasteiger partial charge on any atom is 0.317 e. The minimum atomic E-state index is -0.745. The second-order valence-electron chi connectivity index (χ2n) is 7.12. The molecule has 1 unspecified atom stereocenters. The molecule has 3 atom stereocenters. The van der Waals surface area contributed by atoms with Gasteiger partial charge in [0.05, 0.1) is 17.7 Å². The predicted octanol–water partition coefficient (Wildman–Crippen LogP) is 2.55. The largest absolute Gasteiger partial charge is 0.481 e. The van der Waals surface area contributed by atoms with Gasteiger partial charge in [0.1, 0.15) is 5.76 Å². The lowest BCUT2D eigenvalue weighted by molar-refractivity contribution is -0.149. The number of nitrogens with zero attached hydrogens (tertiary/aromatic N) is 1. The zero-order valence-electron chi connectivity index (χ0n) is 13.1. The normalized spacial score (nSPS) is 32.4. The summed E-state index contributed by atoms with van der Waals surface area (Å²) in [7, 11) is 0. The molecule has 6 nitrogen and oxygen atoms in total. The summed E-state index contributed by atoms with van der Waals surface area (Å²) in [4.78, 5) is 26.1. The number of likely N-dealkylation sites (tertiary alicyclic amines) is 1. The molecule has 2 heterocycles. The summed E-state index contributed by atoms with van der Waals surface area (Å²) < 4.78 is 5.46. The fourth-order valence-corrected chi connectivity index (χ4v) is 4.67. The maximum absolute atomic E-state index is 12.6. The number of carboxylic acids is 1. The molecule has 3 aliphatic rings. The lowest BCUT2D eigenvalue weighted by Crippen LogP contribution is -2.43. The van der Waals surface area contributed by atoms with Crippen molar-refractivity contribution >= 4 is 12.0 Å². The third kappa shape index (κ3) is 2.23. The second kappa shape index (κ2) is 5.28. The summed E-state index contributed by atoms with van der Waals surface area (Å²) in [6.07, 6.45) is 7.04. The molecule has 0 spiro atoms. The summed E-state index contributed by atoms with van der Waals surface area (Å²) in [5.74, 6) is 0.313. The van der Waals surface area contributed by atoms with E-state index in [2.05, 4.69) is 5.32 Å². The number of urea groups is 1. The van der Waals surface area contributed by atoms with Crippen LogP contribution in [0.1, 0.15) is 49.5 Å². The van der Waals surface area contributed by atoms with Crippen molar-refractivity contribution in [2.24, 2.45) is 11.3 Å². The van der Waals surface area contributed by atoms with Crippen molar-refractivity contribution < 1.29 is 19.1 Å². The van der Waals surface area contributed by atoms with Crippen LogP contribution in [0.25, 0.3) is 0 Å². The van der Waals surface area contributed by atoms with E-state index < -0.39 is 11.4 Å². The number of aliphatic carboxylic acids is 1. The molecule has 1 saturated heterocycles. The van der Waals surface area contributed by atoms with Crippen LogP contribution >= 0.6 is 0 Å². The molecule has 1 aromatic rings. The third-order valence-corrected chi connectivity index (χ3v) is 5.93. The summed E-state index contributed by atoms with van der Waals surface area (Å²) >= 11 is 0. The van der Waals surface area contributed by atoms with Crippen LogP contribution in [0.3, 0.4) is 0 Å². The first kappa shape index (κ1) is 14.6. The van der Waals surface area contributed by atoms with Crippen molar-refractivity contribution in [3.63, 3.8) is 0 Å². The van der Waals surface area contributed by atoms with Crippen LogP contribution in [0.2, 0.25) is 0 Å². The van der Waals surface area contributed by atoms with E-state index in [1.165, 1.54) is 0 Å². The van der Waals surface area contributed by atoms with Crippen molar-refractivity contribution in [3.05, 3.63) is 23.7 Å². The SMILES string of the molecule is O=C(NC1CCCc2occc21)N1C[C@@H]2CCC[C@@]2(C(=O)O)C1. The van der Waals surface area contributed by atoms with Crippen molar-refractivity contribution in [1.29, 1.82) is 0 Å². The Labute approximate surface area is 134 Å². The Balaban J connectivity index is 1.47. The topological polar surface area (TPSA) is 82.8 Å². The summed E-state index contributed by atoms with van der Waals surface area (Å²) in [5.41, 5.74) is 0.349. The van der Waals surface area contributed by atoms with E-state index in [0.29, 0.717) is 19.5 Å². The van der Waals surface area contributed by atoms with Crippen LogP contribution in [0, 0.1) is 11.3 Å². The van der Waals surface area contributed by atoms with Gasteiger partial charge in [0, 0.05) is 25.1 Å². The number of nitrogens with one attached hydrogen (secondary N) is 1. The number of rotatable bonds is 2. The highest BCUT2D eigenvalue weighted by Gasteiger charge is 2.55. The molecule has 124 valence electrons. The molecule has 2 aliphatic carbocycles. The Kier molecular flexibility index (Phi) is 3.36. The number of hydrogen-bond donors (Lipinski definition) is 2. The van der Waals surface area contributed by atoms with E-state index in [-0.39, 0.29) is 18.0 Å². The van der Waals surface area contributed by atoms with Crippen LogP contribution in [-0.4, -0.2) is 35.1 Å². The van der Waals surface area contributed by atoms with Gasteiger partial charge >= 0.3 is 12.0 Å². The van der Waals surface area contributed by atoms with Crippen molar-refractivity contribution in [1.82, 2.24) is 10.2 Å². The standard InChI is InChI=1S/C17H22N2O4/c20-15(21)17-7-2-3-11(17)9-19(10-17)16(22)18-13-4-1-5-14-12(13)6-8-23-14/h6,8,11,13H,1-5,7,9-10H2,(H,18,22)(H,20,21)/t11-,13?,17+/m0/s1. The summed E-state index contributed by atoms with van der Waals surface area (Å²) in [6, 6.07) is 1.77. The highest BCUT2D eigenvalue weighted by Crippen LogP contribution is 2.49. The minimum absolute atomic E-state index is 0.0220. The molecule has 0 aromatic carbocycles. The van der Waals surface area contributed by atoms with Crippen LogP contribution in [0.5, 0.6) is 0 Å². The average Bonchev–Trinajstić information content (AvgIpc) is 3.21. The molecule has 1 aromatic heterocycles. The van der Waals surface area contributed by atoms with Gasteiger partial charge in [-0.15, -0.1) is 0 Å². The van der Waals surface area contributed by atoms with Crippen molar-refractivity contribution in [2.75, 3.05) is 13.1 Å². The van der Waals surface area contributed by atoms with E-state index in [0.717, 1.165) is 43.4 Å². The van der Waals surface area contributed by atoms with E-state index in [9.17, 15) is 14.7 Å². The van der Waals surface area contributed by atoms with Gasteiger partial charge < -0.3 is 19.7 Å². The smallest absolute Gasteiger partial charge is 0.317 e. The fourth-order valence-electron chi connectivity index (χ4n) is 4.67. The Bertz CT molecular complexity index is 640. The number of carboxylic acid groups (broad SMARTS) is 1. The molecule has 2 N–H and O–H groups in total. The Hall–Kier alpha value is -1.98. The van der Waals surface area contributed by atoms with Gasteiger partial charge in [0.15, 0.2) is 0 Å². The molecule has 2 amide bonds. The monoisotopic (exact) mass is 318 g/mol. The maximum atomic E-state index is 12.6. The number of carbonyl (C=O) groups excluding carboxylic acids is 1. The van der Waals surface area contributed by atoms with Gasteiger partial charge in [-0.25, -0.2) is 4.79 Å². The van der Waals surface area contributed by atoms with Gasteiger partial charge in [0.25, 0.3) is 0 Å². The second-order valence-corrected chi connectivity index (χ2v) is 7.12. The fraction of sp³-hybridized carbons (Fsp3) is 0.647. The van der Waals surface area contributed by atoms with Crippen LogP contribution < -0.4 is 5.32 Å². The van der Waals surface area contributed by atoms with E-state index in [1.54, 1.807) is 11.2 Å². The molecule has 1 saturated carbocycles. The minimum Gasteiger partial charge on any atom is -0.481 e. The number of fused-ring (bicyclic) bond motifs is 2. The van der Waals surface area contributed by atoms with E-state index >= 15 is 0 Å². The number of hydrogen-bond acceptors (Lipinski definition) is 3. The predicted molar refractivity (Wildman–Crippen MR) is 81.9 cm³/mol. The van der Waals surface area contributed by atoms with Crippen LogP contribution in [0.4, 0.5) is 4.79 Å². The molecule has 1 aliphatic heterocycles. The number of aryl methyl sites for hydroxylation is 1. The summed E-state index contributed by atoms with van der Waals surface area (Å²) in [5, 5.41) is 12.7. The highest BCUT2D eigenvalue weighted by molar-refractivity contribution is 5.80. The van der Waals surface area contributed by atoms with Crippen LogP contribution in [0.15, 0.2) is 16.7 Å². The molecular weight excluding hydrogens is 296 g/mol. The molecule has 6 heteroatoms. The highest BCUT2D eigenvalue weighted by atomic mass is 16.4. The lowest BCUT2D eigenvalue weighted by atomic mass is 9.81. The van der Waals surface area contributed by atoms with Gasteiger partial charge in [-0.05, 0) is 37.7 Å². The molecule has 23 heavy (non-hydrogen) atoms. The Morgan fingerprint density at radius 2 is 2.22 bits per heavy atom. The van der Waals surface area contributed by atoms with Gasteiger partial charge in [0.2, 0.25) is 0 Å². The molecule has 0 radical (unpaired) electrons. The quantitative estimate of drug-likeness (QED) is 0.878. The number of amides is 2. The zero-order chi connectivity index (χ0) is 16.0. The van der Waals surface area contributed by atoms with E-state index in [1.807, 2.05) is 6.07 Å². The van der Waals surface area contributed by atoms with Crippen molar-refractivity contribution in [2.45, 2.75) is 44.6 Å². The van der Waals surface area contributed by atoms with Gasteiger partial charge in [-0.1, -0.05) is 6.42 Å². The molecule has 4 rings (SSSR count). The first-order valence-corrected chi connectivity index (χ1v) is 8.45. The Morgan fingerprint density at radius 1 is 1.35 bits per heavy atom. The first-order valence-electron chi connectivity index (χ1n) is 8.45. The third-order valence-electron chi connectivity index (χ3n) is 5.93. The van der Waals surface area contributed by atoms with Gasteiger partial charge in [-0.3, -0.25) is 4.79 Å². The van der Waals surface area contributed by atoms with Crippen molar-refractivity contribution in [3.8, 4) is 0 Å². The molecule has 0 bridgehead atoms. The van der Waals surface area contributed by atoms with Gasteiger partial charge in [-0.2, -0.15) is 0 Å². The van der Waals surface area contributed by atoms with Crippen LogP contribution in [-0.2, 0) is 11.2 Å². The molecule has 2 fully saturated rings. The number of furan rings is 1. The average molecular weight is 318 g/mol. The first-order chi connectivity index (χ1) is 11.1. The lowest BCUT2D eigenvalue weighted by Gasteiger charge is -2.27. The van der Waals surface area contributed by atoms with E-state index in [4.69, 9.17) is 4.42 Å². The Morgan fingerprint density at radius 3 is 3.00 bits per heavy atom. The number of carbonyl (C=O) groups is 2.